The predicted octanol–water partition coefficient (Wildman–Crippen LogP) is 4.33. The van der Waals surface area contributed by atoms with E-state index in [9.17, 15) is 8.42 Å². The van der Waals surface area contributed by atoms with Crippen molar-refractivity contribution in [3.05, 3.63) is 56.6 Å². The van der Waals surface area contributed by atoms with Crippen LogP contribution in [0.4, 0.5) is 5.69 Å². The Labute approximate surface area is 154 Å². The van der Waals surface area contributed by atoms with Gasteiger partial charge in [-0.25, -0.2) is 8.42 Å². The fourth-order valence-electron chi connectivity index (χ4n) is 2.45. The molecule has 120 valence electrons. The van der Waals surface area contributed by atoms with Gasteiger partial charge >= 0.3 is 0 Å². The number of sulfone groups is 1. The van der Waals surface area contributed by atoms with Gasteiger partial charge in [0.05, 0.1) is 21.5 Å². The molecular formula is C16H14ClIN2O2S. The summed E-state index contributed by atoms with van der Waals surface area (Å²) in [7, 11) is -3.33. The van der Waals surface area contributed by atoms with Crippen LogP contribution in [0.1, 0.15) is 18.9 Å². The second-order valence-electron chi connectivity index (χ2n) is 5.38. The lowest BCUT2D eigenvalue weighted by atomic mass is 10.1. The third-order valence-corrected chi connectivity index (χ3v) is 6.88. The maximum absolute atomic E-state index is 12.5. The van der Waals surface area contributed by atoms with Gasteiger partial charge in [-0.1, -0.05) is 11.6 Å². The summed E-state index contributed by atoms with van der Waals surface area (Å²) >= 11 is 8.27. The van der Waals surface area contributed by atoms with E-state index in [0.29, 0.717) is 27.6 Å². The van der Waals surface area contributed by atoms with Crippen molar-refractivity contribution in [2.45, 2.75) is 23.5 Å². The van der Waals surface area contributed by atoms with Crippen LogP contribution in [0.15, 0.2) is 52.5 Å². The minimum atomic E-state index is -3.33. The summed E-state index contributed by atoms with van der Waals surface area (Å²) in [6.07, 6.45) is 0.354. The summed E-state index contributed by atoms with van der Waals surface area (Å²) in [5.41, 5.74) is 5.12. The average molecular weight is 461 g/mol. The van der Waals surface area contributed by atoms with Gasteiger partial charge in [0.15, 0.2) is 9.84 Å². The van der Waals surface area contributed by atoms with Gasteiger partial charge in [0.25, 0.3) is 0 Å². The normalized spacial score (nSPS) is 21.0. The number of hydrogen-bond acceptors (Lipinski definition) is 4. The van der Waals surface area contributed by atoms with E-state index in [1.165, 1.54) is 0 Å². The van der Waals surface area contributed by atoms with Crippen LogP contribution < -0.4 is 5.43 Å². The molecule has 1 aliphatic rings. The molecule has 0 spiro atoms. The molecule has 0 aromatic heterocycles. The first kappa shape index (κ1) is 16.7. The molecule has 0 saturated heterocycles. The highest BCUT2D eigenvalue weighted by molar-refractivity contribution is 14.1. The van der Waals surface area contributed by atoms with Gasteiger partial charge in [0, 0.05) is 20.6 Å². The third kappa shape index (κ3) is 3.39. The monoisotopic (exact) mass is 460 g/mol. The van der Waals surface area contributed by atoms with E-state index in [1.807, 2.05) is 24.3 Å². The van der Waals surface area contributed by atoms with Crippen molar-refractivity contribution < 1.29 is 8.42 Å². The maximum atomic E-state index is 12.5. The first-order valence-electron chi connectivity index (χ1n) is 7.00. The molecule has 0 amide bonds. The van der Waals surface area contributed by atoms with Gasteiger partial charge in [-0.05, 0) is 72.0 Å². The summed E-state index contributed by atoms with van der Waals surface area (Å²) < 4.78 is 26.0. The maximum Gasteiger partial charge on any atom is 0.182 e. The van der Waals surface area contributed by atoms with Crippen LogP contribution in [0.25, 0.3) is 0 Å². The van der Waals surface area contributed by atoms with Crippen molar-refractivity contribution in [3.8, 4) is 0 Å². The molecule has 0 radical (unpaired) electrons. The molecule has 4 nitrogen and oxygen atoms in total. The van der Waals surface area contributed by atoms with E-state index in [0.717, 1.165) is 9.26 Å². The van der Waals surface area contributed by atoms with Gasteiger partial charge in [0.1, 0.15) is 0 Å². The Balaban J connectivity index is 2.01. The SMILES string of the molecule is CC1CC(=NNc2ccc(I)cc2)c2cc(Cl)ccc2S1(=O)=O. The van der Waals surface area contributed by atoms with Crippen molar-refractivity contribution >= 4 is 55.4 Å². The van der Waals surface area contributed by atoms with Gasteiger partial charge < -0.3 is 0 Å². The number of anilines is 1. The number of nitrogens with zero attached hydrogens (tertiary/aromatic N) is 1. The Bertz CT molecular complexity index is 879. The quantitative estimate of drug-likeness (QED) is 0.536. The smallest absolute Gasteiger partial charge is 0.182 e. The van der Waals surface area contributed by atoms with E-state index >= 15 is 0 Å². The van der Waals surface area contributed by atoms with Crippen LogP contribution in [0.3, 0.4) is 0 Å². The molecule has 1 heterocycles. The van der Waals surface area contributed by atoms with Crippen LogP contribution >= 0.6 is 34.2 Å². The minimum absolute atomic E-state index is 0.295. The molecule has 7 heteroatoms. The second-order valence-corrected chi connectivity index (χ2v) is 9.39. The summed E-state index contributed by atoms with van der Waals surface area (Å²) in [5.74, 6) is 0. The number of benzene rings is 2. The molecule has 1 unspecified atom stereocenters. The van der Waals surface area contributed by atoms with E-state index in [-0.39, 0.29) is 0 Å². The summed E-state index contributed by atoms with van der Waals surface area (Å²) in [6, 6.07) is 12.6. The Morgan fingerprint density at radius 3 is 2.61 bits per heavy atom. The highest BCUT2D eigenvalue weighted by Crippen LogP contribution is 2.32. The minimum Gasteiger partial charge on any atom is -0.278 e. The Morgan fingerprint density at radius 1 is 1.22 bits per heavy atom. The first-order valence-corrected chi connectivity index (χ1v) is 10.00. The van der Waals surface area contributed by atoms with Gasteiger partial charge in [-0.2, -0.15) is 5.10 Å². The number of rotatable bonds is 2. The molecule has 0 bridgehead atoms. The molecule has 0 fully saturated rings. The Hall–Kier alpha value is -1.12. The fourth-order valence-corrected chi connectivity index (χ4v) is 4.53. The van der Waals surface area contributed by atoms with Crippen molar-refractivity contribution in [1.29, 1.82) is 0 Å². The lowest BCUT2D eigenvalue weighted by molar-refractivity contribution is 0.582. The number of fused-ring (bicyclic) bond motifs is 1. The molecule has 0 saturated carbocycles. The van der Waals surface area contributed by atoms with Crippen molar-refractivity contribution in [2.24, 2.45) is 5.10 Å². The number of nitrogens with one attached hydrogen (secondary N) is 1. The van der Waals surface area contributed by atoms with Gasteiger partial charge in [0.2, 0.25) is 0 Å². The van der Waals surface area contributed by atoms with E-state index in [1.54, 1.807) is 25.1 Å². The lowest BCUT2D eigenvalue weighted by Gasteiger charge is -2.23. The largest absolute Gasteiger partial charge is 0.278 e. The zero-order chi connectivity index (χ0) is 16.6. The van der Waals surface area contributed by atoms with Gasteiger partial charge in [-0.15, -0.1) is 0 Å². The molecular weight excluding hydrogens is 447 g/mol. The van der Waals surface area contributed by atoms with Crippen LogP contribution in [-0.2, 0) is 9.84 Å². The highest BCUT2D eigenvalue weighted by Gasteiger charge is 2.34. The van der Waals surface area contributed by atoms with E-state index in [4.69, 9.17) is 11.6 Å². The van der Waals surface area contributed by atoms with E-state index < -0.39 is 15.1 Å². The zero-order valence-electron chi connectivity index (χ0n) is 12.3. The van der Waals surface area contributed by atoms with Crippen LogP contribution in [0.5, 0.6) is 0 Å². The summed E-state index contributed by atoms with van der Waals surface area (Å²) in [6.45, 7) is 1.70. The Kier molecular flexibility index (Phi) is 4.66. The standard InChI is InChI=1S/C16H14ClIN2O2S/c1-10-8-15(20-19-13-5-3-12(18)4-6-13)14-9-11(17)2-7-16(14)23(10,21)22/h2-7,9-10,19H,8H2,1H3. The molecule has 2 aromatic carbocycles. The van der Waals surface area contributed by atoms with Crippen molar-refractivity contribution in [1.82, 2.24) is 0 Å². The number of hydrogen-bond donors (Lipinski definition) is 1. The van der Waals surface area contributed by atoms with Crippen LogP contribution in [-0.4, -0.2) is 19.4 Å². The van der Waals surface area contributed by atoms with E-state index in [2.05, 4.69) is 33.1 Å². The molecule has 1 N–H and O–H groups in total. The topological polar surface area (TPSA) is 58.5 Å². The fraction of sp³-hybridized carbons (Fsp3) is 0.188. The molecule has 3 rings (SSSR count). The van der Waals surface area contributed by atoms with Gasteiger partial charge in [-0.3, -0.25) is 5.43 Å². The highest BCUT2D eigenvalue weighted by atomic mass is 127. The Morgan fingerprint density at radius 2 is 1.91 bits per heavy atom. The summed E-state index contributed by atoms with van der Waals surface area (Å²) in [4.78, 5) is 0.295. The third-order valence-electron chi connectivity index (χ3n) is 3.73. The number of halogens is 2. The molecule has 1 aliphatic heterocycles. The molecule has 23 heavy (non-hydrogen) atoms. The lowest BCUT2D eigenvalue weighted by Crippen LogP contribution is -2.30. The molecule has 0 aliphatic carbocycles. The van der Waals surface area contributed by atoms with Crippen molar-refractivity contribution in [2.75, 3.05) is 5.43 Å². The molecule has 1 atom stereocenters. The average Bonchev–Trinajstić information content (AvgIpc) is 2.51. The second kappa shape index (κ2) is 6.41. The van der Waals surface area contributed by atoms with Crippen LogP contribution in [0, 0.1) is 3.57 Å². The first-order chi connectivity index (χ1) is 10.9. The van der Waals surface area contributed by atoms with Crippen LogP contribution in [0.2, 0.25) is 5.02 Å². The molecule has 2 aromatic rings. The summed E-state index contributed by atoms with van der Waals surface area (Å²) in [5, 5.41) is 4.41. The number of hydrazone groups is 1. The zero-order valence-corrected chi connectivity index (χ0v) is 16.0. The predicted molar refractivity (Wildman–Crippen MR) is 102 cm³/mol. The van der Waals surface area contributed by atoms with Crippen molar-refractivity contribution in [3.63, 3.8) is 0 Å².